The fraction of sp³-hybridized carbons (Fsp3) is 0.571. The number of benzene rings is 1. The molecule has 0 heterocycles. The van der Waals surface area contributed by atoms with Crippen LogP contribution in [-0.4, -0.2) is 4.92 Å². The van der Waals surface area contributed by atoms with Gasteiger partial charge < -0.3 is 0 Å². The molecule has 1 aromatic rings. The van der Waals surface area contributed by atoms with Crippen molar-refractivity contribution in [2.24, 2.45) is 0 Å². The number of hydrogen-bond acceptors (Lipinski definition) is 2. The Morgan fingerprint density at radius 3 is 2.65 bits per heavy atom. The molecule has 0 saturated carbocycles. The van der Waals surface area contributed by atoms with Gasteiger partial charge >= 0.3 is 0 Å². The van der Waals surface area contributed by atoms with Gasteiger partial charge in [-0.3, -0.25) is 10.1 Å². The van der Waals surface area contributed by atoms with E-state index in [-0.39, 0.29) is 10.6 Å². The zero-order valence-corrected chi connectivity index (χ0v) is 10.4. The number of nitro groups is 1. The molecule has 0 unspecified atom stereocenters. The molecule has 0 saturated heterocycles. The first kappa shape index (κ1) is 13.7. The van der Waals surface area contributed by atoms with Crippen molar-refractivity contribution in [3.8, 4) is 0 Å². The molecule has 0 fully saturated rings. The summed E-state index contributed by atoms with van der Waals surface area (Å²) in [6.45, 7) is 2.20. The minimum Gasteiger partial charge on any atom is -0.258 e. The fourth-order valence-corrected chi connectivity index (χ4v) is 1.93. The van der Waals surface area contributed by atoms with E-state index in [0.717, 1.165) is 24.8 Å². The fourth-order valence-electron chi connectivity index (χ4n) is 1.93. The van der Waals surface area contributed by atoms with E-state index in [4.69, 9.17) is 0 Å². The molecule has 0 spiro atoms. The number of nitro benzene ring substituents is 1. The number of aryl methyl sites for hydroxylation is 1. The molecule has 1 rings (SSSR count). The van der Waals surface area contributed by atoms with Gasteiger partial charge in [-0.2, -0.15) is 0 Å². The molecule has 0 amide bonds. The average molecular weight is 234 g/mol. The quantitative estimate of drug-likeness (QED) is 0.382. The molecule has 0 aromatic heterocycles. The molecule has 3 heteroatoms. The summed E-state index contributed by atoms with van der Waals surface area (Å²) >= 11 is 0. The van der Waals surface area contributed by atoms with Gasteiger partial charge in [-0.05, 0) is 18.9 Å². The van der Waals surface area contributed by atoms with Crippen LogP contribution in [-0.2, 0) is 6.42 Å². The first-order chi connectivity index (χ1) is 8.25. The molecular weight excluding hydrogens is 214 g/mol. The third-order valence-electron chi connectivity index (χ3n) is 2.93. The van der Waals surface area contributed by atoms with Crippen LogP contribution < -0.4 is 0 Å². The Morgan fingerprint density at radius 2 is 1.94 bits per heavy atom. The monoisotopic (exact) mass is 234 g/mol. The van der Waals surface area contributed by atoms with Gasteiger partial charge in [0.25, 0.3) is 5.69 Å². The summed E-state index contributed by atoms with van der Waals surface area (Å²) in [5, 5.41) is 10.8. The van der Waals surface area contributed by atoms with Crippen LogP contribution in [0.4, 0.5) is 5.69 Å². The van der Waals surface area contributed by atoms with E-state index >= 15 is 0 Å². The zero-order valence-electron chi connectivity index (χ0n) is 10.4. The van der Waals surface area contributed by atoms with Gasteiger partial charge in [-0.25, -0.2) is 0 Å². The van der Waals surface area contributed by atoms with Crippen LogP contribution in [0.15, 0.2) is 18.2 Å². The summed E-state index contributed by atoms with van der Waals surface area (Å²) in [6.07, 6.45) is 8.06. The van der Waals surface area contributed by atoms with E-state index < -0.39 is 0 Å². The smallest absolute Gasteiger partial charge is 0.258 e. The van der Waals surface area contributed by atoms with Crippen molar-refractivity contribution >= 4 is 5.69 Å². The second kappa shape index (κ2) is 7.82. The lowest BCUT2D eigenvalue weighted by Crippen LogP contribution is -1.95. The maximum Gasteiger partial charge on any atom is 0.273 e. The normalized spacial score (nSPS) is 10.4. The summed E-state index contributed by atoms with van der Waals surface area (Å²) in [7, 11) is 0. The summed E-state index contributed by atoms with van der Waals surface area (Å²) in [5.41, 5.74) is 1.05. The third-order valence-corrected chi connectivity index (χ3v) is 2.93. The van der Waals surface area contributed by atoms with Crippen molar-refractivity contribution in [1.29, 1.82) is 0 Å². The van der Waals surface area contributed by atoms with Crippen LogP contribution in [0.1, 0.15) is 51.0 Å². The summed E-state index contributed by atoms with van der Waals surface area (Å²) in [5.74, 6) is 0. The molecule has 17 heavy (non-hydrogen) atoms. The first-order valence-corrected chi connectivity index (χ1v) is 6.39. The van der Waals surface area contributed by atoms with Gasteiger partial charge in [-0.1, -0.05) is 51.2 Å². The van der Waals surface area contributed by atoms with E-state index in [2.05, 4.69) is 13.0 Å². The van der Waals surface area contributed by atoms with Crippen LogP contribution in [0.25, 0.3) is 0 Å². The van der Waals surface area contributed by atoms with Crippen LogP contribution >= 0.6 is 0 Å². The second-order valence-corrected chi connectivity index (χ2v) is 4.33. The van der Waals surface area contributed by atoms with Crippen LogP contribution in [0.5, 0.6) is 0 Å². The highest BCUT2D eigenvalue weighted by Crippen LogP contribution is 2.20. The average Bonchev–Trinajstić information content (AvgIpc) is 2.34. The van der Waals surface area contributed by atoms with E-state index in [9.17, 15) is 10.1 Å². The van der Waals surface area contributed by atoms with Crippen molar-refractivity contribution in [2.45, 2.75) is 51.9 Å². The van der Waals surface area contributed by atoms with Crippen molar-refractivity contribution in [2.75, 3.05) is 0 Å². The summed E-state index contributed by atoms with van der Waals surface area (Å²) in [6, 6.07) is 7.78. The summed E-state index contributed by atoms with van der Waals surface area (Å²) in [4.78, 5) is 10.5. The van der Waals surface area contributed by atoms with E-state index in [1.165, 1.54) is 31.7 Å². The van der Waals surface area contributed by atoms with E-state index in [0.29, 0.717) is 0 Å². The molecule has 3 nitrogen and oxygen atoms in total. The van der Waals surface area contributed by atoms with Gasteiger partial charge in [0.15, 0.2) is 0 Å². The standard InChI is InChI=1S/C14H20NO2/c1-2-3-4-5-6-7-10-13-11-8-9-12-14(13)15(16)17/h8,11-12H,2-7,10H2,1H3. The predicted octanol–water partition coefficient (Wildman–Crippen LogP) is 4.30. The maximum absolute atomic E-state index is 10.8. The lowest BCUT2D eigenvalue weighted by Gasteiger charge is -2.02. The highest BCUT2D eigenvalue weighted by atomic mass is 16.6. The maximum atomic E-state index is 10.8. The zero-order chi connectivity index (χ0) is 12.5. The highest BCUT2D eigenvalue weighted by molar-refractivity contribution is 5.39. The lowest BCUT2D eigenvalue weighted by atomic mass is 10.0. The third kappa shape index (κ3) is 4.98. The number of rotatable bonds is 8. The Morgan fingerprint density at radius 1 is 1.24 bits per heavy atom. The summed E-state index contributed by atoms with van der Waals surface area (Å²) < 4.78 is 0. The van der Waals surface area contributed by atoms with E-state index in [1.807, 2.05) is 6.07 Å². The molecule has 0 aliphatic heterocycles. The molecule has 1 radical (unpaired) electrons. The molecule has 0 aliphatic carbocycles. The second-order valence-electron chi connectivity index (χ2n) is 4.33. The molecule has 93 valence electrons. The first-order valence-electron chi connectivity index (χ1n) is 6.39. The number of unbranched alkanes of at least 4 members (excludes halogenated alkanes) is 5. The van der Waals surface area contributed by atoms with Crippen LogP contribution in [0.2, 0.25) is 0 Å². The molecular formula is C14H20NO2. The minimum atomic E-state index is -0.317. The van der Waals surface area contributed by atoms with Crippen molar-refractivity contribution in [1.82, 2.24) is 0 Å². The molecule has 0 atom stereocenters. The largest absolute Gasteiger partial charge is 0.273 e. The van der Waals surface area contributed by atoms with Gasteiger partial charge in [0.1, 0.15) is 0 Å². The SMILES string of the molecule is CCCCCCCCc1cc[c]cc1[N+](=O)[O-]. The van der Waals surface area contributed by atoms with Crippen molar-refractivity contribution in [3.63, 3.8) is 0 Å². The molecule has 1 aromatic carbocycles. The van der Waals surface area contributed by atoms with Gasteiger partial charge in [-0.15, -0.1) is 0 Å². The lowest BCUT2D eigenvalue weighted by molar-refractivity contribution is -0.385. The molecule has 0 aliphatic rings. The van der Waals surface area contributed by atoms with E-state index in [1.54, 1.807) is 6.07 Å². The van der Waals surface area contributed by atoms with Gasteiger partial charge in [0.05, 0.1) is 4.92 Å². The molecule has 0 bridgehead atoms. The highest BCUT2D eigenvalue weighted by Gasteiger charge is 2.11. The molecule has 0 N–H and O–H groups in total. The predicted molar refractivity (Wildman–Crippen MR) is 69.0 cm³/mol. The Hall–Kier alpha value is -1.38. The Kier molecular flexibility index (Phi) is 6.30. The number of hydrogen-bond donors (Lipinski definition) is 0. The topological polar surface area (TPSA) is 43.1 Å². The minimum absolute atomic E-state index is 0.209. The van der Waals surface area contributed by atoms with Gasteiger partial charge in [0, 0.05) is 11.6 Å². The van der Waals surface area contributed by atoms with Crippen molar-refractivity contribution in [3.05, 3.63) is 39.9 Å². The van der Waals surface area contributed by atoms with Crippen molar-refractivity contribution < 1.29 is 4.92 Å². The Bertz CT molecular complexity index is 350. The number of nitrogens with zero attached hydrogens (tertiary/aromatic N) is 1. The van der Waals surface area contributed by atoms with Gasteiger partial charge in [0.2, 0.25) is 0 Å². The Labute approximate surface area is 103 Å². The van der Waals surface area contributed by atoms with Crippen LogP contribution in [0, 0.1) is 16.2 Å². The van der Waals surface area contributed by atoms with Crippen LogP contribution in [0.3, 0.4) is 0 Å². The Balaban J connectivity index is 2.34.